The van der Waals surface area contributed by atoms with Gasteiger partial charge in [-0.05, 0) is 5.92 Å². The Morgan fingerprint density at radius 3 is 2.77 bits per heavy atom. The van der Waals surface area contributed by atoms with E-state index >= 15 is 0 Å². The third kappa shape index (κ3) is 1.20. The van der Waals surface area contributed by atoms with E-state index in [1.54, 1.807) is 0 Å². The summed E-state index contributed by atoms with van der Waals surface area (Å²) in [5.41, 5.74) is 3.40. The first kappa shape index (κ1) is 8.23. The molecule has 0 saturated carbocycles. The zero-order valence-corrected chi connectivity index (χ0v) is 8.15. The zero-order valence-electron chi connectivity index (χ0n) is 8.15. The van der Waals surface area contributed by atoms with Crippen LogP contribution < -0.4 is 0 Å². The van der Waals surface area contributed by atoms with E-state index in [9.17, 15) is 0 Å². The Labute approximate surface area is 77.4 Å². The molecular weight excluding hydrogens is 162 g/mol. The number of aromatic nitrogens is 3. The van der Waals surface area contributed by atoms with Gasteiger partial charge >= 0.3 is 0 Å². The number of hydrogen-bond acceptors (Lipinski definition) is 2. The van der Waals surface area contributed by atoms with Gasteiger partial charge in [0.25, 0.3) is 0 Å². The number of pyridine rings is 1. The molecule has 0 unspecified atom stereocenters. The van der Waals surface area contributed by atoms with Crippen LogP contribution in [-0.4, -0.2) is 14.5 Å². The molecule has 0 atom stereocenters. The largest absolute Gasteiger partial charge is 0.332 e. The summed E-state index contributed by atoms with van der Waals surface area (Å²) in [6.07, 6.45) is 5.59. The van der Waals surface area contributed by atoms with Crippen LogP contribution in [-0.2, 0) is 7.05 Å². The summed E-state index contributed by atoms with van der Waals surface area (Å²) >= 11 is 0. The van der Waals surface area contributed by atoms with E-state index in [2.05, 4.69) is 23.8 Å². The van der Waals surface area contributed by atoms with E-state index in [-0.39, 0.29) is 0 Å². The van der Waals surface area contributed by atoms with Crippen LogP contribution in [0.4, 0.5) is 0 Å². The van der Waals surface area contributed by atoms with Gasteiger partial charge in [0.2, 0.25) is 0 Å². The van der Waals surface area contributed by atoms with Gasteiger partial charge in [-0.2, -0.15) is 0 Å². The Morgan fingerprint density at radius 2 is 2.08 bits per heavy atom. The van der Waals surface area contributed by atoms with Crippen LogP contribution >= 0.6 is 0 Å². The molecule has 0 spiro atoms. The van der Waals surface area contributed by atoms with Crippen LogP contribution in [0, 0.1) is 0 Å². The highest BCUT2D eigenvalue weighted by Gasteiger charge is 2.08. The molecule has 3 nitrogen and oxygen atoms in total. The lowest BCUT2D eigenvalue weighted by Gasteiger charge is -2.04. The molecule has 0 amide bonds. The molecule has 0 aliphatic rings. The van der Waals surface area contributed by atoms with E-state index < -0.39 is 0 Å². The smallest absolute Gasteiger partial charge is 0.0956 e. The van der Waals surface area contributed by atoms with Crippen LogP contribution in [0.2, 0.25) is 0 Å². The van der Waals surface area contributed by atoms with Gasteiger partial charge in [0, 0.05) is 18.8 Å². The Morgan fingerprint density at radius 1 is 1.31 bits per heavy atom. The molecule has 0 radical (unpaired) electrons. The first-order valence-electron chi connectivity index (χ1n) is 4.45. The standard InChI is InChI=1S/C10H13N3/c1-7(2)8-4-11-5-9-10(8)12-6-13(9)3/h4-7H,1-3H3. The summed E-state index contributed by atoms with van der Waals surface area (Å²) in [6, 6.07) is 0. The number of aryl methyl sites for hydroxylation is 1. The minimum Gasteiger partial charge on any atom is -0.332 e. The summed E-state index contributed by atoms with van der Waals surface area (Å²) in [5, 5.41) is 0. The second kappa shape index (κ2) is 2.83. The van der Waals surface area contributed by atoms with E-state index in [0.29, 0.717) is 5.92 Å². The monoisotopic (exact) mass is 175 g/mol. The minimum atomic E-state index is 0.478. The van der Waals surface area contributed by atoms with Gasteiger partial charge in [0.15, 0.2) is 0 Å². The van der Waals surface area contributed by atoms with Crippen LogP contribution in [0.1, 0.15) is 25.3 Å². The molecule has 2 aromatic rings. The molecule has 3 heteroatoms. The van der Waals surface area contributed by atoms with E-state index in [0.717, 1.165) is 11.0 Å². The molecule has 0 aromatic carbocycles. The van der Waals surface area contributed by atoms with Crippen molar-refractivity contribution >= 4 is 11.0 Å². The van der Waals surface area contributed by atoms with Gasteiger partial charge in [0.05, 0.1) is 23.6 Å². The van der Waals surface area contributed by atoms with Gasteiger partial charge in [-0.25, -0.2) is 4.98 Å². The van der Waals surface area contributed by atoms with Gasteiger partial charge in [-0.3, -0.25) is 4.98 Å². The lowest BCUT2D eigenvalue weighted by molar-refractivity contribution is 0.866. The second-order valence-corrected chi connectivity index (χ2v) is 3.61. The van der Waals surface area contributed by atoms with Crippen molar-refractivity contribution in [2.24, 2.45) is 7.05 Å². The highest BCUT2D eigenvalue weighted by molar-refractivity contribution is 5.78. The molecule has 0 aliphatic carbocycles. The maximum atomic E-state index is 4.36. The molecule has 2 aromatic heterocycles. The van der Waals surface area contributed by atoms with Crippen LogP contribution in [0.15, 0.2) is 18.7 Å². The molecule has 0 aliphatic heterocycles. The summed E-state index contributed by atoms with van der Waals surface area (Å²) in [4.78, 5) is 8.57. The van der Waals surface area contributed by atoms with E-state index in [1.807, 2.05) is 30.3 Å². The summed E-state index contributed by atoms with van der Waals surface area (Å²) in [6.45, 7) is 4.32. The maximum Gasteiger partial charge on any atom is 0.0956 e. The Bertz CT molecular complexity index is 429. The predicted octanol–water partition coefficient (Wildman–Crippen LogP) is 2.09. The number of fused-ring (bicyclic) bond motifs is 1. The van der Waals surface area contributed by atoms with Gasteiger partial charge in [-0.1, -0.05) is 13.8 Å². The van der Waals surface area contributed by atoms with E-state index in [4.69, 9.17) is 0 Å². The third-order valence-corrected chi connectivity index (χ3v) is 2.29. The first-order valence-corrected chi connectivity index (χ1v) is 4.45. The van der Waals surface area contributed by atoms with Crippen molar-refractivity contribution in [2.75, 3.05) is 0 Å². The van der Waals surface area contributed by atoms with Gasteiger partial charge in [-0.15, -0.1) is 0 Å². The number of imidazole rings is 1. The van der Waals surface area contributed by atoms with Crippen LogP contribution in [0.3, 0.4) is 0 Å². The summed E-state index contributed by atoms with van der Waals surface area (Å²) in [7, 11) is 1.99. The summed E-state index contributed by atoms with van der Waals surface area (Å²) < 4.78 is 1.99. The van der Waals surface area contributed by atoms with Crippen LogP contribution in [0.5, 0.6) is 0 Å². The fourth-order valence-electron chi connectivity index (χ4n) is 1.49. The van der Waals surface area contributed by atoms with Crippen molar-refractivity contribution in [1.29, 1.82) is 0 Å². The number of hydrogen-bond donors (Lipinski definition) is 0. The Kier molecular flexibility index (Phi) is 1.79. The van der Waals surface area contributed by atoms with Crippen molar-refractivity contribution in [3.63, 3.8) is 0 Å². The fraction of sp³-hybridized carbons (Fsp3) is 0.400. The van der Waals surface area contributed by atoms with Gasteiger partial charge < -0.3 is 4.57 Å². The fourth-order valence-corrected chi connectivity index (χ4v) is 1.49. The van der Waals surface area contributed by atoms with Gasteiger partial charge in [0.1, 0.15) is 0 Å². The lowest BCUT2D eigenvalue weighted by atomic mass is 10.0. The molecular formula is C10H13N3. The molecule has 0 bridgehead atoms. The number of nitrogens with zero attached hydrogens (tertiary/aromatic N) is 3. The number of rotatable bonds is 1. The molecule has 2 heterocycles. The Balaban J connectivity index is 2.77. The molecule has 0 saturated heterocycles. The SMILES string of the molecule is CC(C)c1cncc2c1ncn2C. The van der Waals surface area contributed by atoms with Crippen molar-refractivity contribution < 1.29 is 0 Å². The zero-order chi connectivity index (χ0) is 9.42. The van der Waals surface area contributed by atoms with Crippen LogP contribution in [0.25, 0.3) is 11.0 Å². The highest BCUT2D eigenvalue weighted by Crippen LogP contribution is 2.21. The summed E-state index contributed by atoms with van der Waals surface area (Å²) in [5.74, 6) is 0.478. The highest BCUT2D eigenvalue weighted by atomic mass is 15.0. The third-order valence-electron chi connectivity index (χ3n) is 2.29. The van der Waals surface area contributed by atoms with Crippen molar-refractivity contribution in [1.82, 2.24) is 14.5 Å². The molecule has 68 valence electrons. The molecule has 0 N–H and O–H groups in total. The topological polar surface area (TPSA) is 30.7 Å². The van der Waals surface area contributed by atoms with Crippen molar-refractivity contribution in [2.45, 2.75) is 19.8 Å². The minimum absolute atomic E-state index is 0.478. The molecule has 13 heavy (non-hydrogen) atoms. The Hall–Kier alpha value is -1.38. The maximum absolute atomic E-state index is 4.36. The van der Waals surface area contributed by atoms with Crippen molar-refractivity contribution in [3.05, 3.63) is 24.3 Å². The first-order chi connectivity index (χ1) is 6.20. The quantitative estimate of drug-likeness (QED) is 0.664. The van der Waals surface area contributed by atoms with Crippen molar-refractivity contribution in [3.8, 4) is 0 Å². The molecule has 2 rings (SSSR count). The average molecular weight is 175 g/mol. The average Bonchev–Trinajstić information content (AvgIpc) is 2.48. The normalized spacial score (nSPS) is 11.4. The second-order valence-electron chi connectivity index (χ2n) is 3.61. The lowest BCUT2D eigenvalue weighted by Crippen LogP contribution is -1.92. The van der Waals surface area contributed by atoms with E-state index in [1.165, 1.54) is 5.56 Å². The molecule has 0 fully saturated rings. The predicted molar refractivity (Wildman–Crippen MR) is 52.6 cm³/mol.